The average molecular weight is 613 g/mol. The third-order valence-electron chi connectivity index (χ3n) is 5.72. The second kappa shape index (κ2) is 11.5. The number of halogens is 8. The summed E-state index contributed by atoms with van der Waals surface area (Å²) in [4.78, 5) is 25.2. The van der Waals surface area contributed by atoms with Gasteiger partial charge in [-0.05, 0) is 97.1 Å². The summed E-state index contributed by atoms with van der Waals surface area (Å²) < 4.78 is 93.3. The Balaban J connectivity index is 1.61. The lowest BCUT2D eigenvalue weighted by atomic mass is 10.0. The van der Waals surface area contributed by atoms with E-state index >= 15 is 0 Å². The molecule has 0 atom stereocenters. The Morgan fingerprint density at radius 1 is 0.463 bits per heavy atom. The molecule has 12 heteroatoms. The van der Waals surface area contributed by atoms with Crippen LogP contribution in [-0.2, 0) is 0 Å². The Hall–Kier alpha value is -4.02. The summed E-state index contributed by atoms with van der Waals surface area (Å²) in [5.74, 6) is -7.96. The molecular formula is C29H16Cl2F6O4. The highest BCUT2D eigenvalue weighted by atomic mass is 35.5. The van der Waals surface area contributed by atoms with Crippen LogP contribution in [0.3, 0.4) is 0 Å². The quantitative estimate of drug-likeness (QED) is 0.113. The molecule has 4 aromatic rings. The van der Waals surface area contributed by atoms with Crippen molar-refractivity contribution in [3.63, 3.8) is 0 Å². The van der Waals surface area contributed by atoms with Crippen LogP contribution in [0, 0.1) is 0 Å². The maximum atomic E-state index is 14.1. The molecule has 4 aromatic carbocycles. The molecule has 0 radical (unpaired) electrons. The van der Waals surface area contributed by atoms with Gasteiger partial charge in [0.25, 0.3) is 0 Å². The lowest BCUT2D eigenvalue weighted by molar-refractivity contribution is -0.422. The first-order valence-electron chi connectivity index (χ1n) is 11.5. The van der Waals surface area contributed by atoms with E-state index in [0.717, 1.165) is 48.5 Å². The van der Waals surface area contributed by atoms with E-state index in [9.17, 15) is 35.9 Å². The van der Waals surface area contributed by atoms with E-state index in [2.05, 4.69) is 9.47 Å². The highest BCUT2D eigenvalue weighted by Crippen LogP contribution is 2.47. The molecule has 0 N–H and O–H groups in total. The van der Waals surface area contributed by atoms with Crippen molar-refractivity contribution >= 4 is 34.8 Å². The van der Waals surface area contributed by atoms with E-state index in [4.69, 9.17) is 23.2 Å². The molecule has 0 unspecified atom stereocenters. The van der Waals surface area contributed by atoms with Crippen LogP contribution in [0.5, 0.6) is 11.5 Å². The predicted molar refractivity (Wildman–Crippen MR) is 139 cm³/mol. The number of carbonyl (C=O) groups is 2. The lowest BCUT2D eigenvalue weighted by Gasteiger charge is -2.36. The van der Waals surface area contributed by atoms with Crippen molar-refractivity contribution in [1.29, 1.82) is 0 Å². The molecule has 0 aliphatic carbocycles. The predicted octanol–water partition coefficient (Wildman–Crippen LogP) is 8.73. The van der Waals surface area contributed by atoms with Crippen molar-refractivity contribution in [1.82, 2.24) is 0 Å². The van der Waals surface area contributed by atoms with E-state index in [0.29, 0.717) is 10.0 Å². The van der Waals surface area contributed by atoms with Gasteiger partial charge in [0.1, 0.15) is 11.5 Å². The molecule has 0 heterocycles. The van der Waals surface area contributed by atoms with Gasteiger partial charge in [-0.25, -0.2) is 0 Å². The summed E-state index contributed by atoms with van der Waals surface area (Å²) in [5.41, 5.74) is 0.353. The molecule has 4 nitrogen and oxygen atoms in total. The zero-order chi connectivity index (χ0) is 30.0. The number of rotatable bonds is 8. The second-order valence-electron chi connectivity index (χ2n) is 8.54. The smallest absolute Gasteiger partial charge is 0.438 e. The molecule has 0 saturated carbocycles. The molecule has 0 aromatic heterocycles. The molecule has 4 rings (SSSR count). The molecule has 0 amide bonds. The fourth-order valence-electron chi connectivity index (χ4n) is 3.63. The molecule has 0 fully saturated rings. The van der Waals surface area contributed by atoms with Gasteiger partial charge in [0, 0.05) is 32.3 Å². The molecule has 212 valence electrons. The van der Waals surface area contributed by atoms with Crippen molar-refractivity contribution in [2.75, 3.05) is 0 Å². The molecule has 41 heavy (non-hydrogen) atoms. The number of hydrogen-bond acceptors (Lipinski definition) is 4. The van der Waals surface area contributed by atoms with Gasteiger partial charge in [-0.1, -0.05) is 23.2 Å². The summed E-state index contributed by atoms with van der Waals surface area (Å²) in [6.45, 7) is 0. The molecule has 0 spiro atoms. The highest BCUT2D eigenvalue weighted by molar-refractivity contribution is 6.31. The van der Waals surface area contributed by atoms with Gasteiger partial charge in [-0.15, -0.1) is 0 Å². The third kappa shape index (κ3) is 6.49. The highest BCUT2D eigenvalue weighted by Gasteiger charge is 2.77. The Bertz CT molecular complexity index is 1410. The number of ether oxygens (including phenoxy) is 2. The Morgan fingerprint density at radius 2 is 0.707 bits per heavy atom. The van der Waals surface area contributed by atoms with Crippen molar-refractivity contribution in [2.45, 2.75) is 18.1 Å². The summed E-state index contributed by atoms with van der Waals surface area (Å²) in [6, 6.07) is 18.6. The van der Waals surface area contributed by atoms with Crippen molar-refractivity contribution < 1.29 is 45.4 Å². The first-order valence-corrected chi connectivity index (χ1v) is 12.3. The van der Waals surface area contributed by atoms with Crippen LogP contribution in [0.2, 0.25) is 10.0 Å². The maximum Gasteiger partial charge on any atom is 0.478 e. The van der Waals surface area contributed by atoms with Crippen molar-refractivity contribution in [2.24, 2.45) is 0 Å². The molecule has 0 aliphatic rings. The Morgan fingerprint density at radius 3 is 0.951 bits per heavy atom. The minimum atomic E-state index is -6.11. The van der Waals surface area contributed by atoms with E-state index in [1.54, 1.807) is 0 Å². The van der Waals surface area contributed by atoms with Gasteiger partial charge in [0.2, 0.25) is 0 Å². The van der Waals surface area contributed by atoms with Crippen LogP contribution in [0.25, 0.3) is 0 Å². The van der Waals surface area contributed by atoms with Gasteiger partial charge in [-0.3, -0.25) is 9.59 Å². The molecule has 0 bridgehead atoms. The van der Waals surface area contributed by atoms with Gasteiger partial charge < -0.3 is 9.47 Å². The van der Waals surface area contributed by atoms with Gasteiger partial charge in [-0.2, -0.15) is 26.3 Å². The summed E-state index contributed by atoms with van der Waals surface area (Å²) in [6.07, 6.45) is -12.2. The SMILES string of the molecule is O=C(c1ccc(Cl)cc1)c1ccc(OC(Oc2ccc(C(=O)c3ccc(Cl)cc3)cc2)(C(F)(F)F)C(F)(F)F)cc1. The van der Waals surface area contributed by atoms with E-state index in [1.165, 1.54) is 48.5 Å². The first kappa shape index (κ1) is 30.0. The van der Waals surface area contributed by atoms with Gasteiger partial charge in [0.15, 0.2) is 11.6 Å². The monoisotopic (exact) mass is 612 g/mol. The molecule has 0 aliphatic heterocycles. The summed E-state index contributed by atoms with van der Waals surface area (Å²) >= 11 is 11.6. The fraction of sp³-hybridized carbons (Fsp3) is 0.103. The molecule has 0 saturated heterocycles. The van der Waals surface area contributed by atoms with E-state index in [-0.39, 0.29) is 22.3 Å². The van der Waals surface area contributed by atoms with Crippen LogP contribution in [-0.4, -0.2) is 29.7 Å². The summed E-state index contributed by atoms with van der Waals surface area (Å²) in [5, 5.41) is 0.729. The fourth-order valence-corrected chi connectivity index (χ4v) is 3.88. The Labute approximate surface area is 239 Å². The largest absolute Gasteiger partial charge is 0.478 e. The summed E-state index contributed by atoms with van der Waals surface area (Å²) in [7, 11) is 0. The Kier molecular flexibility index (Phi) is 8.37. The van der Waals surface area contributed by atoms with E-state index < -0.39 is 41.2 Å². The van der Waals surface area contributed by atoms with Gasteiger partial charge in [0.05, 0.1) is 0 Å². The third-order valence-corrected chi connectivity index (χ3v) is 6.22. The average Bonchev–Trinajstić information content (AvgIpc) is 2.92. The molecular weight excluding hydrogens is 597 g/mol. The number of benzene rings is 4. The van der Waals surface area contributed by atoms with Crippen molar-refractivity contribution in [3.8, 4) is 11.5 Å². The van der Waals surface area contributed by atoms with Crippen LogP contribution in [0.4, 0.5) is 26.3 Å². The standard InChI is InChI=1S/C29H16Cl2F6O4/c30-21-9-1-17(2-10-21)25(38)19-5-13-23(14-6-19)40-27(28(32,33)34,29(35,36)37)41-24-15-7-20(8-16-24)26(39)18-3-11-22(31)12-4-18/h1-16H. The van der Waals surface area contributed by atoms with E-state index in [1.807, 2.05) is 0 Å². The number of hydrogen-bond donors (Lipinski definition) is 0. The van der Waals surface area contributed by atoms with Gasteiger partial charge >= 0.3 is 18.1 Å². The minimum absolute atomic E-state index is 0.0221. The van der Waals surface area contributed by atoms with Crippen LogP contribution in [0.15, 0.2) is 97.1 Å². The lowest BCUT2D eigenvalue weighted by Crippen LogP contribution is -2.65. The zero-order valence-corrected chi connectivity index (χ0v) is 21.9. The number of ketones is 2. The van der Waals surface area contributed by atoms with Crippen LogP contribution >= 0.6 is 23.2 Å². The van der Waals surface area contributed by atoms with Crippen molar-refractivity contribution in [3.05, 3.63) is 129 Å². The maximum absolute atomic E-state index is 14.1. The second-order valence-corrected chi connectivity index (χ2v) is 9.41. The first-order chi connectivity index (χ1) is 19.2. The van der Waals surface area contributed by atoms with Crippen LogP contribution < -0.4 is 9.47 Å². The minimum Gasteiger partial charge on any atom is -0.438 e. The normalized spacial score (nSPS) is 12.1. The number of alkyl halides is 6. The topological polar surface area (TPSA) is 52.6 Å². The van der Waals surface area contributed by atoms with Crippen LogP contribution in [0.1, 0.15) is 31.8 Å². The number of carbonyl (C=O) groups excluding carboxylic acids is 2. The zero-order valence-electron chi connectivity index (χ0n) is 20.4.